The molecule has 1 saturated carbocycles. The number of hydrogen-bond acceptors (Lipinski definition) is 5. The van der Waals surface area contributed by atoms with Gasteiger partial charge in [-0.1, -0.05) is 29.4 Å². The minimum absolute atomic E-state index is 0.0932. The van der Waals surface area contributed by atoms with Crippen LogP contribution in [0, 0.1) is 12.8 Å². The van der Waals surface area contributed by atoms with Crippen LogP contribution < -0.4 is 15.0 Å². The Labute approximate surface area is 188 Å². The van der Waals surface area contributed by atoms with E-state index in [1.54, 1.807) is 6.92 Å². The second-order valence-electron chi connectivity index (χ2n) is 9.01. The number of amides is 1. The largest absolute Gasteiger partial charge is 0.493 e. The van der Waals surface area contributed by atoms with Gasteiger partial charge < -0.3 is 19.5 Å². The molecule has 0 bridgehead atoms. The van der Waals surface area contributed by atoms with E-state index in [0.717, 1.165) is 36.9 Å². The van der Waals surface area contributed by atoms with Crippen molar-refractivity contribution in [3.63, 3.8) is 0 Å². The van der Waals surface area contributed by atoms with Gasteiger partial charge in [0, 0.05) is 24.7 Å². The van der Waals surface area contributed by atoms with Crippen molar-refractivity contribution in [3.8, 4) is 5.75 Å². The van der Waals surface area contributed by atoms with E-state index in [-0.39, 0.29) is 11.9 Å². The van der Waals surface area contributed by atoms with Crippen molar-refractivity contribution in [2.75, 3.05) is 24.6 Å². The van der Waals surface area contributed by atoms with Crippen molar-refractivity contribution in [1.82, 2.24) is 10.5 Å². The molecule has 1 aliphatic heterocycles. The van der Waals surface area contributed by atoms with E-state index in [2.05, 4.69) is 63.9 Å². The predicted octanol–water partition coefficient (Wildman–Crippen LogP) is 4.87. The average Bonchev–Trinajstić information content (AvgIpc) is 3.50. The van der Waals surface area contributed by atoms with E-state index in [1.807, 2.05) is 6.92 Å². The number of carbonyl (C=O) groups excluding carboxylic acids is 1. The quantitative estimate of drug-likeness (QED) is 0.551. The Kier molecular flexibility index (Phi) is 5.60. The Morgan fingerprint density at radius 3 is 2.50 bits per heavy atom. The summed E-state index contributed by atoms with van der Waals surface area (Å²) in [5, 5.41) is 6.68. The van der Waals surface area contributed by atoms with Crippen molar-refractivity contribution in [2.24, 2.45) is 5.92 Å². The number of carbonyl (C=O) groups is 1. The average molecular weight is 432 g/mol. The Hall–Kier alpha value is -3.28. The molecule has 1 atom stereocenters. The van der Waals surface area contributed by atoms with Gasteiger partial charge in [-0.05, 0) is 68.0 Å². The normalized spacial score (nSPS) is 17.0. The van der Waals surface area contributed by atoms with Crippen LogP contribution in [0.1, 0.15) is 59.0 Å². The lowest BCUT2D eigenvalue weighted by molar-refractivity contribution is 0.0938. The van der Waals surface area contributed by atoms with Gasteiger partial charge in [-0.3, -0.25) is 4.79 Å². The molecule has 2 heterocycles. The fourth-order valence-electron chi connectivity index (χ4n) is 4.08. The zero-order valence-corrected chi connectivity index (χ0v) is 18.6. The minimum Gasteiger partial charge on any atom is -0.493 e. The van der Waals surface area contributed by atoms with E-state index < -0.39 is 0 Å². The summed E-state index contributed by atoms with van der Waals surface area (Å²) in [7, 11) is 0. The molecule has 2 fully saturated rings. The molecule has 166 valence electrons. The predicted molar refractivity (Wildman–Crippen MR) is 123 cm³/mol. The maximum absolute atomic E-state index is 12.4. The second kappa shape index (κ2) is 8.69. The number of anilines is 1. The van der Waals surface area contributed by atoms with E-state index in [9.17, 15) is 4.79 Å². The van der Waals surface area contributed by atoms with Gasteiger partial charge in [0.2, 0.25) is 0 Å². The van der Waals surface area contributed by atoms with Gasteiger partial charge >= 0.3 is 0 Å². The van der Waals surface area contributed by atoms with Crippen molar-refractivity contribution in [3.05, 3.63) is 77.2 Å². The van der Waals surface area contributed by atoms with E-state index in [0.29, 0.717) is 17.2 Å². The number of ether oxygens (including phenoxy) is 1. The van der Waals surface area contributed by atoms with Gasteiger partial charge in [0.1, 0.15) is 17.1 Å². The van der Waals surface area contributed by atoms with Crippen LogP contribution in [0.2, 0.25) is 0 Å². The Bertz CT molecular complexity index is 1060. The molecule has 2 aliphatic rings. The van der Waals surface area contributed by atoms with Gasteiger partial charge in [-0.15, -0.1) is 0 Å². The highest BCUT2D eigenvalue weighted by molar-refractivity contribution is 5.94. The molecule has 1 aromatic heterocycles. The second-order valence-corrected chi connectivity index (χ2v) is 9.01. The third kappa shape index (κ3) is 4.49. The molecular formula is C26H29N3O3. The molecule has 0 spiro atoms. The first-order chi connectivity index (χ1) is 15.6. The fraction of sp³-hybridized carbons (Fsp3) is 0.385. The molecule has 1 amide bonds. The highest BCUT2D eigenvalue weighted by Gasteiger charge is 2.28. The van der Waals surface area contributed by atoms with Crippen LogP contribution >= 0.6 is 0 Å². The Morgan fingerprint density at radius 1 is 1.16 bits per heavy atom. The molecule has 6 nitrogen and oxygen atoms in total. The van der Waals surface area contributed by atoms with Crippen LogP contribution in [0.25, 0.3) is 0 Å². The summed E-state index contributed by atoms with van der Waals surface area (Å²) in [6, 6.07) is 17.0. The lowest BCUT2D eigenvalue weighted by Crippen LogP contribution is -2.45. The van der Waals surface area contributed by atoms with Gasteiger partial charge in [-0.25, -0.2) is 0 Å². The number of nitrogens with zero attached hydrogens (tertiary/aromatic N) is 2. The lowest BCUT2D eigenvalue weighted by atomic mass is 9.90. The number of benzene rings is 2. The molecule has 1 N–H and O–H groups in total. The third-order valence-corrected chi connectivity index (χ3v) is 6.52. The van der Waals surface area contributed by atoms with Crippen LogP contribution in [0.15, 0.2) is 59.3 Å². The summed E-state index contributed by atoms with van der Waals surface area (Å²) in [5.41, 5.74) is 4.14. The van der Waals surface area contributed by atoms with Crippen molar-refractivity contribution < 1.29 is 14.1 Å². The van der Waals surface area contributed by atoms with Crippen molar-refractivity contribution in [2.45, 2.75) is 38.6 Å². The zero-order valence-electron chi connectivity index (χ0n) is 18.6. The molecule has 6 heteroatoms. The highest BCUT2D eigenvalue weighted by Crippen LogP contribution is 2.34. The summed E-state index contributed by atoms with van der Waals surface area (Å²) in [6.07, 6.45) is 4.08. The fourth-order valence-corrected chi connectivity index (χ4v) is 4.08. The van der Waals surface area contributed by atoms with Crippen LogP contribution in [0.4, 0.5) is 5.69 Å². The summed E-state index contributed by atoms with van der Waals surface area (Å²) < 4.78 is 10.8. The van der Waals surface area contributed by atoms with Gasteiger partial charge in [-0.2, -0.15) is 0 Å². The summed E-state index contributed by atoms with van der Waals surface area (Å²) in [5.74, 6) is 2.63. The number of aryl methyl sites for hydroxylation is 1. The maximum atomic E-state index is 12.4. The number of hydrogen-bond donors (Lipinski definition) is 1. The maximum Gasteiger partial charge on any atom is 0.256 e. The molecule has 1 aliphatic carbocycles. The van der Waals surface area contributed by atoms with Gasteiger partial charge in [0.05, 0.1) is 18.8 Å². The van der Waals surface area contributed by atoms with Crippen LogP contribution in [0.3, 0.4) is 0 Å². The lowest BCUT2D eigenvalue weighted by Gasteiger charge is -2.41. The van der Waals surface area contributed by atoms with Gasteiger partial charge in [0.25, 0.3) is 5.91 Å². The first kappa shape index (κ1) is 20.6. The highest BCUT2D eigenvalue weighted by atomic mass is 16.5. The van der Waals surface area contributed by atoms with Crippen molar-refractivity contribution >= 4 is 11.6 Å². The molecule has 5 rings (SSSR count). The molecule has 3 aromatic rings. The first-order valence-corrected chi connectivity index (χ1v) is 11.4. The van der Waals surface area contributed by atoms with Crippen LogP contribution in [0.5, 0.6) is 5.75 Å². The number of aromatic nitrogens is 1. The first-order valence-electron chi connectivity index (χ1n) is 11.4. The third-order valence-electron chi connectivity index (χ3n) is 6.52. The molecule has 0 unspecified atom stereocenters. The summed E-state index contributed by atoms with van der Waals surface area (Å²) >= 11 is 0. The molecular weight excluding hydrogens is 402 g/mol. The molecule has 2 aromatic carbocycles. The Morgan fingerprint density at radius 2 is 1.88 bits per heavy atom. The number of rotatable bonds is 8. The Balaban J connectivity index is 1.12. The summed E-state index contributed by atoms with van der Waals surface area (Å²) in [6.45, 7) is 6.60. The van der Waals surface area contributed by atoms with E-state index in [4.69, 9.17) is 9.26 Å². The number of nitrogens with one attached hydrogen (secondary N) is 1. The molecule has 1 saturated heterocycles. The summed E-state index contributed by atoms with van der Waals surface area (Å²) in [4.78, 5) is 14.8. The van der Waals surface area contributed by atoms with E-state index >= 15 is 0 Å². The SMILES string of the molecule is Cc1oncc1C(=O)N[C@@H](C)c1ccc(C2CN(c3ccc(OCC4CC4)cc3)C2)cc1. The van der Waals surface area contributed by atoms with E-state index in [1.165, 1.54) is 30.3 Å². The van der Waals surface area contributed by atoms with Crippen molar-refractivity contribution in [1.29, 1.82) is 0 Å². The van der Waals surface area contributed by atoms with Gasteiger partial charge in [0.15, 0.2) is 0 Å². The smallest absolute Gasteiger partial charge is 0.256 e. The van der Waals surface area contributed by atoms with Crippen LogP contribution in [-0.2, 0) is 0 Å². The zero-order chi connectivity index (χ0) is 22.1. The topological polar surface area (TPSA) is 67.6 Å². The minimum atomic E-state index is -0.168. The standard InChI is InChI=1S/C26H29N3O3/c1-17(28-26(30)25-13-27-32-18(25)2)20-5-7-21(8-6-20)22-14-29(15-22)23-9-11-24(12-10-23)31-16-19-3-4-19/h5-13,17,19,22H,3-4,14-16H2,1-2H3,(H,28,30)/t17-/m0/s1. The monoisotopic (exact) mass is 431 g/mol. The van der Waals surface area contributed by atoms with Crippen LogP contribution in [-0.4, -0.2) is 30.8 Å². The molecule has 32 heavy (non-hydrogen) atoms. The molecule has 0 radical (unpaired) electrons.